The van der Waals surface area contributed by atoms with Gasteiger partial charge in [-0.25, -0.2) is 0 Å². The standard InChI is InChI=1S/C18H12BN5/c19-14-6-4-13(5-7-14)17-22-23-18(16-3-1-2-10-21-16)24(17)15-8-11-20-12-9-15/h1-12H. The Kier molecular flexibility index (Phi) is 3.63. The maximum absolute atomic E-state index is 5.79. The molecule has 1 aromatic carbocycles. The first kappa shape index (κ1) is 14.3. The highest BCUT2D eigenvalue weighted by Crippen LogP contribution is 2.26. The average molecular weight is 309 g/mol. The molecule has 2 radical (unpaired) electrons. The van der Waals surface area contributed by atoms with Crippen LogP contribution >= 0.6 is 0 Å². The fourth-order valence-electron chi connectivity index (χ4n) is 2.50. The van der Waals surface area contributed by atoms with E-state index in [0.717, 1.165) is 22.8 Å². The van der Waals surface area contributed by atoms with Gasteiger partial charge in [-0.3, -0.25) is 14.5 Å². The van der Waals surface area contributed by atoms with Crippen molar-refractivity contribution in [1.82, 2.24) is 24.7 Å². The maximum atomic E-state index is 5.79. The van der Waals surface area contributed by atoms with Crippen LogP contribution in [0.2, 0.25) is 0 Å². The molecule has 0 fully saturated rings. The van der Waals surface area contributed by atoms with E-state index in [4.69, 9.17) is 7.85 Å². The molecule has 0 spiro atoms. The van der Waals surface area contributed by atoms with Crippen molar-refractivity contribution in [3.63, 3.8) is 0 Å². The summed E-state index contributed by atoms with van der Waals surface area (Å²) in [6.07, 6.45) is 5.22. The Hall–Kier alpha value is -3.28. The van der Waals surface area contributed by atoms with Gasteiger partial charge in [0.1, 0.15) is 13.5 Å². The molecule has 0 amide bonds. The molecule has 4 aromatic rings. The van der Waals surface area contributed by atoms with Gasteiger partial charge in [-0.2, -0.15) is 0 Å². The van der Waals surface area contributed by atoms with Crippen LogP contribution in [-0.4, -0.2) is 32.6 Å². The van der Waals surface area contributed by atoms with Crippen LogP contribution in [0.3, 0.4) is 0 Å². The zero-order chi connectivity index (χ0) is 16.4. The van der Waals surface area contributed by atoms with E-state index in [1.54, 1.807) is 18.6 Å². The number of hydrogen-bond donors (Lipinski definition) is 0. The van der Waals surface area contributed by atoms with Crippen molar-refractivity contribution in [1.29, 1.82) is 0 Å². The Balaban J connectivity index is 1.95. The average Bonchev–Trinajstić information content (AvgIpc) is 3.09. The second-order valence-corrected chi connectivity index (χ2v) is 5.23. The third-order valence-electron chi connectivity index (χ3n) is 3.65. The summed E-state index contributed by atoms with van der Waals surface area (Å²) in [5, 5.41) is 8.74. The molecule has 5 nitrogen and oxygen atoms in total. The molecule has 0 unspecified atom stereocenters. The Labute approximate surface area is 140 Å². The molecule has 3 aromatic heterocycles. The van der Waals surface area contributed by atoms with Crippen LogP contribution in [0.4, 0.5) is 0 Å². The summed E-state index contributed by atoms with van der Waals surface area (Å²) >= 11 is 0. The highest BCUT2D eigenvalue weighted by atomic mass is 15.3. The number of aromatic nitrogens is 5. The predicted molar refractivity (Wildman–Crippen MR) is 93.2 cm³/mol. The van der Waals surface area contributed by atoms with E-state index in [2.05, 4.69) is 20.2 Å². The molecule has 4 rings (SSSR count). The first-order valence-electron chi connectivity index (χ1n) is 7.46. The molecule has 6 heteroatoms. The summed E-state index contributed by atoms with van der Waals surface area (Å²) in [5.74, 6) is 1.40. The van der Waals surface area contributed by atoms with Crippen molar-refractivity contribution in [3.05, 3.63) is 73.2 Å². The van der Waals surface area contributed by atoms with Gasteiger partial charge in [0.25, 0.3) is 0 Å². The minimum Gasteiger partial charge on any atom is -0.274 e. The lowest BCUT2D eigenvalue weighted by Crippen LogP contribution is -2.03. The smallest absolute Gasteiger partial charge is 0.187 e. The largest absolute Gasteiger partial charge is 0.274 e. The monoisotopic (exact) mass is 309 g/mol. The molecule has 0 aliphatic carbocycles. The van der Waals surface area contributed by atoms with Crippen molar-refractivity contribution in [3.8, 4) is 28.6 Å². The van der Waals surface area contributed by atoms with E-state index in [1.807, 2.05) is 59.2 Å². The summed E-state index contributed by atoms with van der Waals surface area (Å²) in [7, 11) is 5.79. The summed E-state index contributed by atoms with van der Waals surface area (Å²) in [5.41, 5.74) is 3.31. The lowest BCUT2D eigenvalue weighted by molar-refractivity contribution is 1.05. The Morgan fingerprint density at radius 2 is 1.50 bits per heavy atom. The zero-order valence-corrected chi connectivity index (χ0v) is 12.7. The summed E-state index contributed by atoms with van der Waals surface area (Å²) in [6.45, 7) is 0. The normalized spacial score (nSPS) is 10.7. The molecule has 112 valence electrons. The molecule has 0 saturated heterocycles. The zero-order valence-electron chi connectivity index (χ0n) is 12.7. The van der Waals surface area contributed by atoms with Gasteiger partial charge in [-0.05, 0) is 24.3 Å². The second kappa shape index (κ2) is 6.08. The van der Waals surface area contributed by atoms with Crippen molar-refractivity contribution >= 4 is 13.3 Å². The van der Waals surface area contributed by atoms with Gasteiger partial charge in [0.2, 0.25) is 0 Å². The van der Waals surface area contributed by atoms with Crippen LogP contribution < -0.4 is 5.46 Å². The molecule has 0 aliphatic heterocycles. The minimum atomic E-state index is 0.675. The van der Waals surface area contributed by atoms with Crippen LogP contribution in [0.5, 0.6) is 0 Å². The van der Waals surface area contributed by atoms with Crippen LogP contribution in [0.15, 0.2) is 73.2 Å². The first-order valence-corrected chi connectivity index (χ1v) is 7.46. The van der Waals surface area contributed by atoms with Gasteiger partial charge in [-0.15, -0.1) is 10.2 Å². The fraction of sp³-hybridized carbons (Fsp3) is 0. The summed E-state index contributed by atoms with van der Waals surface area (Å²) in [6, 6.07) is 17.1. The summed E-state index contributed by atoms with van der Waals surface area (Å²) < 4.78 is 1.97. The van der Waals surface area contributed by atoms with Gasteiger partial charge in [0.15, 0.2) is 11.6 Å². The molecule has 0 saturated carbocycles. The van der Waals surface area contributed by atoms with E-state index in [1.165, 1.54) is 0 Å². The van der Waals surface area contributed by atoms with Crippen LogP contribution in [0.25, 0.3) is 28.6 Å². The molecule has 0 bridgehead atoms. The predicted octanol–water partition coefficient (Wildman–Crippen LogP) is 2.19. The van der Waals surface area contributed by atoms with Gasteiger partial charge < -0.3 is 0 Å². The van der Waals surface area contributed by atoms with E-state index in [0.29, 0.717) is 11.3 Å². The van der Waals surface area contributed by atoms with Crippen molar-refractivity contribution in [2.24, 2.45) is 0 Å². The van der Waals surface area contributed by atoms with E-state index >= 15 is 0 Å². The maximum Gasteiger partial charge on any atom is 0.187 e. The lowest BCUT2D eigenvalue weighted by Gasteiger charge is -2.10. The lowest BCUT2D eigenvalue weighted by atomic mass is 9.95. The third kappa shape index (κ3) is 2.58. The van der Waals surface area contributed by atoms with Crippen LogP contribution in [-0.2, 0) is 0 Å². The molecule has 0 N–H and O–H groups in total. The number of benzene rings is 1. The van der Waals surface area contributed by atoms with Crippen LogP contribution in [0, 0.1) is 0 Å². The molecular weight excluding hydrogens is 297 g/mol. The van der Waals surface area contributed by atoms with Gasteiger partial charge in [-0.1, -0.05) is 35.8 Å². The van der Waals surface area contributed by atoms with Crippen molar-refractivity contribution in [2.45, 2.75) is 0 Å². The quantitative estimate of drug-likeness (QED) is 0.544. The molecule has 0 atom stereocenters. The summed E-state index contributed by atoms with van der Waals surface area (Å²) in [4.78, 5) is 8.48. The highest BCUT2D eigenvalue weighted by molar-refractivity contribution is 6.32. The first-order chi connectivity index (χ1) is 11.8. The number of rotatable bonds is 3. The molecule has 24 heavy (non-hydrogen) atoms. The molecule has 0 aliphatic rings. The number of nitrogens with zero attached hydrogens (tertiary/aromatic N) is 5. The van der Waals surface area contributed by atoms with Crippen molar-refractivity contribution < 1.29 is 0 Å². The van der Waals surface area contributed by atoms with E-state index in [-0.39, 0.29) is 0 Å². The Morgan fingerprint density at radius 3 is 2.21 bits per heavy atom. The Bertz CT molecular complexity index is 950. The number of hydrogen-bond acceptors (Lipinski definition) is 4. The fourth-order valence-corrected chi connectivity index (χ4v) is 2.50. The highest BCUT2D eigenvalue weighted by Gasteiger charge is 2.17. The Morgan fingerprint density at radius 1 is 0.750 bits per heavy atom. The van der Waals surface area contributed by atoms with Crippen LogP contribution in [0.1, 0.15) is 0 Å². The molecule has 3 heterocycles. The van der Waals surface area contributed by atoms with Gasteiger partial charge >= 0.3 is 0 Å². The third-order valence-corrected chi connectivity index (χ3v) is 3.65. The molecular formula is C18H12BN5. The van der Waals surface area contributed by atoms with E-state index < -0.39 is 0 Å². The van der Waals surface area contributed by atoms with E-state index in [9.17, 15) is 0 Å². The SMILES string of the molecule is [B]c1ccc(-c2nnc(-c3ccccn3)n2-c2ccncc2)cc1. The van der Waals surface area contributed by atoms with Gasteiger partial charge in [0.05, 0.1) is 5.69 Å². The topological polar surface area (TPSA) is 56.5 Å². The van der Waals surface area contributed by atoms with Crippen molar-refractivity contribution in [2.75, 3.05) is 0 Å². The second-order valence-electron chi connectivity index (χ2n) is 5.23. The number of pyridine rings is 2. The van der Waals surface area contributed by atoms with Gasteiger partial charge in [0, 0.05) is 24.2 Å². The minimum absolute atomic E-state index is 0.675.